The molecule has 0 heterocycles. The van der Waals surface area contributed by atoms with E-state index in [0.717, 1.165) is 11.1 Å². The number of Topliss-reactive ketones (excluding diaryl/α,β-unsaturated/α-hetero) is 2. The maximum Gasteiger partial charge on any atom is 0.210 e. The van der Waals surface area contributed by atoms with Crippen LogP contribution in [0, 0.1) is 27.7 Å². The maximum absolute atomic E-state index is 12.6. The average Bonchev–Trinajstić information content (AvgIpc) is 2.63. The number of hydrogen-bond acceptors (Lipinski definition) is 2. The molecule has 2 heteroatoms. The van der Waals surface area contributed by atoms with Crippen LogP contribution < -0.4 is 10.4 Å². The first-order chi connectivity index (χ1) is 13.1. The predicted molar refractivity (Wildman–Crippen MR) is 116 cm³/mol. The minimum absolute atomic E-state index is 0.246. The Bertz CT molecular complexity index is 1160. The lowest BCUT2D eigenvalue weighted by molar-refractivity contribution is -0.138. The first-order valence-corrected chi connectivity index (χ1v) is 10.1. The van der Waals surface area contributed by atoms with Crippen LogP contribution in [0.15, 0.2) is 12.2 Å². The fourth-order valence-electron chi connectivity index (χ4n) is 5.82. The molecule has 2 bridgehead atoms. The number of carbonyl (C=O) groups excluding carboxylic acids is 2. The Balaban J connectivity index is 2.37. The van der Waals surface area contributed by atoms with Crippen molar-refractivity contribution >= 4 is 33.5 Å². The lowest BCUT2D eigenvalue weighted by atomic mass is 9.65. The van der Waals surface area contributed by atoms with Crippen LogP contribution in [-0.2, 0) is 9.59 Å². The Morgan fingerprint density at radius 1 is 0.607 bits per heavy atom. The molecule has 144 valence electrons. The second-order valence-electron chi connectivity index (χ2n) is 8.90. The molecule has 2 unspecified atom stereocenters. The van der Waals surface area contributed by atoms with Crippen LogP contribution in [0.3, 0.4) is 0 Å². The Morgan fingerprint density at radius 3 is 1.21 bits per heavy atom. The van der Waals surface area contributed by atoms with Crippen LogP contribution in [0.4, 0.5) is 0 Å². The molecule has 3 aliphatic rings. The van der Waals surface area contributed by atoms with Crippen molar-refractivity contribution in [2.24, 2.45) is 0 Å². The number of rotatable bonds is 0. The molecule has 0 N–H and O–H groups in total. The Kier molecular flexibility index (Phi) is 4.05. The Hall–Kier alpha value is -2.48. The lowest BCUT2D eigenvalue weighted by Crippen LogP contribution is -2.38. The van der Waals surface area contributed by atoms with Gasteiger partial charge in [0, 0.05) is 0 Å². The van der Waals surface area contributed by atoms with E-state index in [9.17, 15) is 9.59 Å². The zero-order valence-electron chi connectivity index (χ0n) is 18.1. The Morgan fingerprint density at radius 2 is 0.929 bits per heavy atom. The van der Waals surface area contributed by atoms with Crippen LogP contribution in [0.1, 0.15) is 72.9 Å². The summed E-state index contributed by atoms with van der Waals surface area (Å²) < 4.78 is 0. The second kappa shape index (κ2) is 6.01. The normalized spacial score (nSPS) is 20.1. The summed E-state index contributed by atoms with van der Waals surface area (Å²) in [4.78, 5) is 25.2. The second-order valence-corrected chi connectivity index (χ2v) is 8.90. The van der Waals surface area contributed by atoms with E-state index in [1.165, 1.54) is 54.6 Å². The maximum atomic E-state index is 12.6. The van der Waals surface area contributed by atoms with Crippen molar-refractivity contribution in [1.82, 2.24) is 0 Å². The monoisotopic (exact) mass is 372 g/mol. The van der Waals surface area contributed by atoms with Crippen molar-refractivity contribution in [1.29, 1.82) is 0 Å². The van der Waals surface area contributed by atoms with E-state index in [0.29, 0.717) is 0 Å². The highest BCUT2D eigenvalue weighted by Crippen LogP contribution is 2.47. The van der Waals surface area contributed by atoms with Crippen molar-refractivity contribution < 1.29 is 9.59 Å². The van der Waals surface area contributed by atoms with Gasteiger partial charge in [0.05, 0.1) is 11.8 Å². The summed E-state index contributed by atoms with van der Waals surface area (Å²) in [6, 6.07) is 0. The van der Waals surface area contributed by atoms with Gasteiger partial charge in [-0.1, -0.05) is 23.3 Å². The van der Waals surface area contributed by atoms with Crippen LogP contribution in [0.2, 0.25) is 0 Å². The van der Waals surface area contributed by atoms with Gasteiger partial charge in [0.25, 0.3) is 0 Å². The summed E-state index contributed by atoms with van der Waals surface area (Å²) in [6.07, 6.45) is 3.88. The number of aryl methyl sites for hydroxylation is 4. The fraction of sp³-hybridized carbons (Fsp3) is 0.385. The molecule has 0 aromatic heterocycles. The quantitative estimate of drug-likeness (QED) is 0.509. The van der Waals surface area contributed by atoms with Gasteiger partial charge in [-0.2, -0.15) is 0 Å². The molecule has 2 aromatic rings. The number of carbonyl (C=O) groups is 2. The third kappa shape index (κ3) is 2.15. The zero-order valence-corrected chi connectivity index (χ0v) is 18.1. The van der Waals surface area contributed by atoms with E-state index < -0.39 is 11.8 Å². The molecule has 2 aromatic carbocycles. The molecule has 0 fully saturated rings. The SMILES string of the molecule is CC(C)=c1c(C)c2c(C)c3c(c(C)c2c(C)c1=C(C)C)C1C=CC3C(=O)C1=O. The van der Waals surface area contributed by atoms with Crippen molar-refractivity contribution in [2.75, 3.05) is 0 Å². The highest BCUT2D eigenvalue weighted by Gasteiger charge is 2.44. The van der Waals surface area contributed by atoms with Gasteiger partial charge >= 0.3 is 0 Å². The van der Waals surface area contributed by atoms with E-state index in [1.54, 1.807) is 0 Å². The molecule has 28 heavy (non-hydrogen) atoms. The van der Waals surface area contributed by atoms with Crippen molar-refractivity contribution in [3.63, 3.8) is 0 Å². The van der Waals surface area contributed by atoms with Crippen molar-refractivity contribution in [3.05, 3.63) is 56.0 Å². The highest BCUT2D eigenvalue weighted by atomic mass is 16.2. The molecule has 0 amide bonds. The topological polar surface area (TPSA) is 34.1 Å². The molecular formula is C26H28O2. The summed E-state index contributed by atoms with van der Waals surface area (Å²) in [5.41, 5.74) is 9.66. The van der Waals surface area contributed by atoms with E-state index in [2.05, 4.69) is 55.4 Å². The van der Waals surface area contributed by atoms with E-state index in [4.69, 9.17) is 0 Å². The number of ketones is 2. The summed E-state index contributed by atoms with van der Waals surface area (Å²) in [5.74, 6) is -1.32. The number of fused-ring (bicyclic) bond motifs is 2. The van der Waals surface area contributed by atoms with Crippen molar-refractivity contribution in [3.8, 4) is 0 Å². The van der Waals surface area contributed by atoms with Gasteiger partial charge in [-0.05, 0) is 110 Å². The first kappa shape index (κ1) is 18.9. The van der Waals surface area contributed by atoms with Crippen LogP contribution in [0.25, 0.3) is 21.9 Å². The molecule has 0 spiro atoms. The van der Waals surface area contributed by atoms with Gasteiger partial charge in [0.15, 0.2) is 0 Å². The summed E-state index contributed by atoms with van der Waals surface area (Å²) in [5, 5.41) is 5.17. The summed E-state index contributed by atoms with van der Waals surface area (Å²) in [6.45, 7) is 17.4. The Labute approximate surface area is 166 Å². The van der Waals surface area contributed by atoms with Gasteiger partial charge < -0.3 is 0 Å². The molecule has 2 atom stereocenters. The number of hydrogen-bond donors (Lipinski definition) is 0. The van der Waals surface area contributed by atoms with Gasteiger partial charge in [-0.25, -0.2) is 0 Å². The third-order valence-electron chi connectivity index (χ3n) is 6.77. The number of allylic oxidation sites excluding steroid dienone is 2. The summed E-state index contributed by atoms with van der Waals surface area (Å²) in [7, 11) is 0. The van der Waals surface area contributed by atoms with Gasteiger partial charge in [0.1, 0.15) is 0 Å². The molecule has 0 saturated carbocycles. The molecular weight excluding hydrogens is 344 g/mol. The largest absolute Gasteiger partial charge is 0.290 e. The van der Waals surface area contributed by atoms with Gasteiger partial charge in [0.2, 0.25) is 11.6 Å². The van der Waals surface area contributed by atoms with Crippen LogP contribution >= 0.6 is 0 Å². The van der Waals surface area contributed by atoms with Crippen LogP contribution in [0.5, 0.6) is 0 Å². The third-order valence-corrected chi connectivity index (χ3v) is 6.77. The molecule has 5 rings (SSSR count). The minimum Gasteiger partial charge on any atom is -0.290 e. The first-order valence-electron chi connectivity index (χ1n) is 10.1. The van der Waals surface area contributed by atoms with Gasteiger partial charge in [-0.15, -0.1) is 0 Å². The molecule has 0 aliphatic heterocycles. The van der Waals surface area contributed by atoms with Crippen LogP contribution in [-0.4, -0.2) is 11.6 Å². The number of benzene rings is 2. The fourth-order valence-corrected chi connectivity index (χ4v) is 5.82. The summed E-state index contributed by atoms with van der Waals surface area (Å²) >= 11 is 0. The van der Waals surface area contributed by atoms with E-state index in [1.807, 2.05) is 12.2 Å². The van der Waals surface area contributed by atoms with E-state index >= 15 is 0 Å². The molecule has 2 nitrogen and oxygen atoms in total. The predicted octanol–water partition coefficient (Wildman–Crippen LogP) is 4.34. The van der Waals surface area contributed by atoms with Crippen molar-refractivity contribution in [2.45, 2.75) is 67.2 Å². The van der Waals surface area contributed by atoms with Gasteiger partial charge in [-0.3, -0.25) is 9.59 Å². The van der Waals surface area contributed by atoms with E-state index in [-0.39, 0.29) is 11.6 Å². The molecule has 0 saturated heterocycles. The lowest BCUT2D eigenvalue weighted by Gasteiger charge is -2.35. The highest BCUT2D eigenvalue weighted by molar-refractivity contribution is 6.44. The zero-order chi connectivity index (χ0) is 20.7. The smallest absolute Gasteiger partial charge is 0.210 e. The standard InChI is InChI=1S/C26H28O2/c1-11(2)19-13(5)21-15(7)23-17-9-10-18(26(28)25(17)27)24(23)16(8)22(21)14(6)20(19)12(3)4/h9-10,17-18H,1-8H3. The molecule has 0 radical (unpaired) electrons. The average molecular weight is 373 g/mol. The molecule has 3 aliphatic carbocycles. The minimum atomic E-state index is -0.412.